The van der Waals surface area contributed by atoms with Gasteiger partial charge in [-0.1, -0.05) is 93.4 Å². The van der Waals surface area contributed by atoms with E-state index in [1.165, 1.54) is 16.0 Å². The predicted octanol–water partition coefficient (Wildman–Crippen LogP) is 15.8. The number of carboxylic acid groups (broad SMARTS) is 2. The molecule has 34 nitrogen and oxygen atoms in total. The largest absolute Gasteiger partial charge is 0.490 e. The van der Waals surface area contributed by atoms with E-state index in [0.29, 0.717) is 179 Å². The number of carbonyl (C=O) groups excluding carboxylic acids is 4. The van der Waals surface area contributed by atoms with Crippen LogP contribution in [0.3, 0.4) is 0 Å². The van der Waals surface area contributed by atoms with Crippen LogP contribution in [-0.2, 0) is 76.1 Å². The monoisotopic (exact) mass is 1930 g/mol. The van der Waals surface area contributed by atoms with E-state index >= 15 is 0 Å². The molecule has 20 rings (SSSR count). The molecule has 734 valence electrons. The number of carbonyl (C=O) groups is 6. The maximum absolute atomic E-state index is 13.2. The summed E-state index contributed by atoms with van der Waals surface area (Å²) in [6, 6.07) is 53.6. The molecule has 3 N–H and O–H groups in total. The number of amides is 4. The minimum absolute atomic E-state index is 0.0293. The highest BCUT2D eigenvalue weighted by Crippen LogP contribution is 2.54. The first-order valence-electron chi connectivity index (χ1n) is 48.4. The number of benzene rings is 8. The molecule has 0 saturated carbocycles. The van der Waals surface area contributed by atoms with Gasteiger partial charge in [-0.3, -0.25) is 28.8 Å². The molecule has 4 atom stereocenters. The average Bonchev–Trinajstić information content (AvgIpc) is 1.50. The highest BCUT2D eigenvalue weighted by molar-refractivity contribution is 5.93. The predicted molar refractivity (Wildman–Crippen MR) is 522 cm³/mol. The number of unbranched alkanes of at least 4 members (excludes halogenated alkanes) is 1. The molecule has 4 aliphatic carbocycles. The number of β-amino-alcohol motifs (C(OH)–C–C–N with tert-alkyl or cyclic N) is 1. The second kappa shape index (κ2) is 41.6. The summed E-state index contributed by atoms with van der Waals surface area (Å²) < 4.78 is 45.1. The summed E-state index contributed by atoms with van der Waals surface area (Å²) in [5.41, 5.74) is 15.3. The lowest BCUT2D eigenvalue weighted by Crippen LogP contribution is -2.37. The van der Waals surface area contributed by atoms with E-state index in [9.17, 15) is 54.9 Å². The van der Waals surface area contributed by atoms with Crippen LogP contribution >= 0.6 is 0 Å². The van der Waals surface area contributed by atoms with Crippen LogP contribution in [0.1, 0.15) is 193 Å². The molecular weight excluding hydrogens is 1820 g/mol. The molecule has 34 heteroatoms. The van der Waals surface area contributed by atoms with E-state index < -0.39 is 22.8 Å². The first-order chi connectivity index (χ1) is 68.8. The third-order valence-corrected chi connectivity index (χ3v) is 27.9. The normalized spacial score (nSPS) is 18.8. The molecular formula is C109H111N17O17. The van der Waals surface area contributed by atoms with Crippen LogP contribution < -0.4 is 18.9 Å². The topological polar surface area (TPSA) is 467 Å². The van der Waals surface area contributed by atoms with Gasteiger partial charge in [-0.15, -0.1) is 0 Å². The lowest BCUT2D eigenvalue weighted by molar-refractivity contribution is -0.142. The number of nitriles is 4. The van der Waals surface area contributed by atoms with Crippen LogP contribution in [0.15, 0.2) is 164 Å². The van der Waals surface area contributed by atoms with E-state index in [-0.39, 0.29) is 78.4 Å². The Labute approximate surface area is 826 Å². The Morgan fingerprint density at radius 1 is 0.413 bits per heavy atom. The minimum atomic E-state index is -1.01. The number of rotatable bonds is 28. The Morgan fingerprint density at radius 3 is 1.07 bits per heavy atom. The zero-order valence-electron chi connectivity index (χ0n) is 81.5. The summed E-state index contributed by atoms with van der Waals surface area (Å²) in [4.78, 5) is 101. The van der Waals surface area contributed by atoms with Crippen molar-refractivity contribution in [2.45, 2.75) is 198 Å². The summed E-state index contributed by atoms with van der Waals surface area (Å²) in [5.74, 6) is 3.75. The SMILES string of the molecule is CC(C)Oc1ccc(-c2nc(-c3cccc4c3CCC43CC(=O)N(CC(=O)O)C3)no2)cc1C#N.CC(C)Oc1ccc(-c2nc(-c3cccc4c3CCC43CC(=O)N(CCCCC(=O)O)C3)no2)cc1C#N.CC(C)Oc1ccc(-c2nc(-c3cccc4c3CCC43CC(=O)N(CCN(C)C)C3)no2)cc1C#N.CC(C)Oc1ccc(-c2nc(-c3cccc4c3CCC43CCN(CCO)C3=O)no2)cc1C#N. The van der Waals surface area contributed by atoms with Crippen molar-refractivity contribution in [3.05, 3.63) is 212 Å². The number of hydrogen-bond donors (Lipinski definition) is 3. The number of hydrogen-bond acceptors (Lipinski definition) is 28. The molecule has 4 aromatic heterocycles. The van der Waals surface area contributed by atoms with Crippen molar-refractivity contribution in [2.24, 2.45) is 0 Å². The molecule has 8 aromatic carbocycles. The van der Waals surface area contributed by atoms with Crippen LogP contribution in [0.2, 0.25) is 0 Å². The molecule has 143 heavy (non-hydrogen) atoms. The van der Waals surface area contributed by atoms with Crippen LogP contribution in [0.5, 0.6) is 23.0 Å². The van der Waals surface area contributed by atoms with E-state index in [2.05, 4.69) is 81.9 Å². The van der Waals surface area contributed by atoms with Gasteiger partial charge in [0.15, 0.2) is 0 Å². The van der Waals surface area contributed by atoms with Gasteiger partial charge in [0.2, 0.25) is 46.9 Å². The smallest absolute Gasteiger partial charge is 0.323 e. The van der Waals surface area contributed by atoms with Crippen molar-refractivity contribution in [3.8, 4) is 139 Å². The number of nitrogens with zero attached hydrogens (tertiary/aromatic N) is 17. The fraction of sp³-hybridized carbons (Fsp3) is 0.394. The summed E-state index contributed by atoms with van der Waals surface area (Å²) >= 11 is 0. The summed E-state index contributed by atoms with van der Waals surface area (Å²) in [6.07, 6.45) is 9.76. The number of carboxylic acids is 2. The summed E-state index contributed by atoms with van der Waals surface area (Å²) in [5, 5.41) is 82.4. The average molecular weight is 1930 g/mol. The van der Waals surface area contributed by atoms with Crippen molar-refractivity contribution in [1.29, 1.82) is 21.0 Å². The van der Waals surface area contributed by atoms with Gasteiger partial charge in [-0.05, 0) is 257 Å². The zero-order chi connectivity index (χ0) is 101. The Kier molecular flexibility index (Phi) is 28.7. The van der Waals surface area contributed by atoms with Gasteiger partial charge in [0, 0.05) is 139 Å². The molecule has 0 bridgehead atoms. The van der Waals surface area contributed by atoms with Crippen molar-refractivity contribution >= 4 is 35.6 Å². The maximum atomic E-state index is 13.2. The van der Waals surface area contributed by atoms with Gasteiger partial charge in [0.05, 0.1) is 58.7 Å². The molecule has 4 fully saturated rings. The number of likely N-dealkylation sites (tertiary alicyclic amines) is 4. The number of fused-ring (bicyclic) bond motifs is 8. The van der Waals surface area contributed by atoms with E-state index in [4.69, 9.17) is 47.3 Å². The number of aromatic nitrogens is 8. The number of aliphatic hydroxyl groups is 1. The summed E-state index contributed by atoms with van der Waals surface area (Å²) in [6.45, 7) is 20.0. The second-order valence-corrected chi connectivity index (χ2v) is 39.1. The molecule has 4 unspecified atom stereocenters. The molecule has 4 aliphatic heterocycles. The lowest BCUT2D eigenvalue weighted by Gasteiger charge is -2.25. The van der Waals surface area contributed by atoms with E-state index in [0.717, 1.165) is 133 Å². The fourth-order valence-corrected chi connectivity index (χ4v) is 21.4. The van der Waals surface area contributed by atoms with Gasteiger partial charge in [-0.2, -0.15) is 41.0 Å². The Hall–Kier alpha value is -15.8. The van der Waals surface area contributed by atoms with Gasteiger partial charge in [0.1, 0.15) is 53.8 Å². The van der Waals surface area contributed by atoms with E-state index in [1.54, 1.807) is 71.6 Å². The van der Waals surface area contributed by atoms with Crippen molar-refractivity contribution < 1.29 is 81.1 Å². The van der Waals surface area contributed by atoms with Crippen molar-refractivity contribution in [1.82, 2.24) is 65.1 Å². The second-order valence-electron chi connectivity index (χ2n) is 39.1. The third kappa shape index (κ3) is 20.4. The highest BCUT2D eigenvalue weighted by atomic mass is 16.5. The third-order valence-electron chi connectivity index (χ3n) is 27.9. The van der Waals surface area contributed by atoms with Crippen molar-refractivity contribution in [2.75, 3.05) is 79.6 Å². The van der Waals surface area contributed by atoms with Gasteiger partial charge < -0.3 is 76.9 Å². The van der Waals surface area contributed by atoms with E-state index in [1.807, 2.05) is 146 Å². The molecule has 0 radical (unpaired) electrons. The van der Waals surface area contributed by atoms with Crippen LogP contribution in [0, 0.1) is 45.3 Å². The first kappa shape index (κ1) is 98.8. The van der Waals surface area contributed by atoms with Gasteiger partial charge >= 0.3 is 11.9 Å². The number of aliphatic carboxylic acids is 2. The number of aliphatic hydroxyl groups excluding tert-OH is 1. The Morgan fingerprint density at radius 2 is 0.741 bits per heavy atom. The fourth-order valence-electron chi connectivity index (χ4n) is 21.4. The number of ether oxygens (including phenoxy) is 4. The van der Waals surface area contributed by atoms with Gasteiger partial charge in [0.25, 0.3) is 23.6 Å². The molecule has 4 amide bonds. The van der Waals surface area contributed by atoms with Crippen LogP contribution in [-0.4, -0.2) is 220 Å². The minimum Gasteiger partial charge on any atom is -0.490 e. The van der Waals surface area contributed by atoms with Crippen LogP contribution in [0.25, 0.3) is 91.4 Å². The lowest BCUT2D eigenvalue weighted by atomic mass is 9.80. The molecule has 4 spiro atoms. The van der Waals surface area contributed by atoms with Gasteiger partial charge in [-0.25, -0.2) is 0 Å². The molecule has 4 saturated heterocycles. The highest BCUT2D eigenvalue weighted by Gasteiger charge is 2.54. The standard InChI is InChI=1S/C29H30N4O5.C28H31N5O3.C26H24N4O5.C26H26N4O4/c1-18(2)37-24-10-9-19(14-20(24)16-30)28-31-27(32-38-28)22-6-5-7-23-21(22)11-12-29(23)15-25(34)33(17-29)13-4-3-8-26(35)36;1-18(2)35-24-9-8-19(14-20(24)16-29)27-30-26(31-36-27)22-6-5-7-23-21(22)10-11-28(23)15-25(34)33(17-28)13-12-32(3)4;1-15(2)34-21-7-6-16(10-17(21)12-27)25-28-24(29-35-25)19-4-3-5-20-18(19)8-9-26(20)11-22(31)30(14-26)13-23(32)33;1-16(2)33-22-7-6-17(14-18(22)15-27)24-28-23(29-34-24)20-4-3-5-21-19(20)8-9-26(21)10-11-30(12-13-31)25(26)32/h5-7,9-10,14,18H,3-4,8,11-13,15,17H2,1-2H3,(H,35,36);5-9,14,18H,10-13,15,17H2,1-4H3;3-7,10,15H,8-9,11,13-14H2,1-2H3,(H,32,33);3-7,14,16,31H,8-13H2,1-2H3. The molecule has 8 heterocycles. The quantitative estimate of drug-likeness (QED) is 0.0383. The zero-order valence-corrected chi connectivity index (χ0v) is 81.5. The van der Waals surface area contributed by atoms with Crippen molar-refractivity contribution in [3.63, 3.8) is 0 Å². The molecule has 12 aromatic rings. The number of likely N-dealkylation sites (N-methyl/N-ethyl adjacent to an activating group) is 1. The Balaban J connectivity index is 0.000000131. The maximum Gasteiger partial charge on any atom is 0.323 e. The Bertz CT molecular complexity index is 7080. The van der Waals surface area contributed by atoms with Crippen LogP contribution in [0.4, 0.5) is 0 Å². The molecule has 8 aliphatic rings. The first-order valence-corrected chi connectivity index (χ1v) is 48.4. The summed E-state index contributed by atoms with van der Waals surface area (Å²) in [7, 11) is 4.06.